The van der Waals surface area contributed by atoms with Gasteiger partial charge in [0.05, 0.1) is 26.4 Å². The largest absolute Gasteiger partial charge is 0.472 e. The van der Waals surface area contributed by atoms with Crippen LogP contribution >= 0.6 is 15.6 Å². The normalized spacial score (nSPS) is 14.4. The number of rotatable bonds is 95. The van der Waals surface area contributed by atoms with Crippen LogP contribution in [0.5, 0.6) is 0 Å². The highest BCUT2D eigenvalue weighted by atomic mass is 31.2. The fourth-order valence-corrected chi connectivity index (χ4v) is 15.4. The van der Waals surface area contributed by atoms with Gasteiger partial charge in [-0.25, -0.2) is 9.13 Å². The average molecular weight is 1790 g/mol. The minimum atomic E-state index is -4.96. The van der Waals surface area contributed by atoms with Gasteiger partial charge in [0, 0.05) is 19.3 Å². The molecule has 0 aliphatic carbocycles. The molecule has 16 nitrogen and oxygen atoms in total. The van der Waals surface area contributed by atoms with Gasteiger partial charge in [-0.15, -0.1) is 0 Å². The molecule has 0 aromatic rings. The smallest absolute Gasteiger partial charge is 0.463 e. The predicted octanol–water partition coefficient (Wildman–Crippen LogP) is 31.8. The zero-order valence-electron chi connectivity index (χ0n) is 79.5. The molecule has 0 fully saturated rings. The Morgan fingerprint density at radius 3 is 0.672 bits per heavy atom. The van der Waals surface area contributed by atoms with Crippen molar-refractivity contribution in [2.24, 2.45) is 0 Å². The van der Waals surface area contributed by atoms with E-state index in [9.17, 15) is 43.5 Å². The number of unbranched alkanes of at least 4 members (excludes halogenated alkanes) is 44. The standard InChI is InChI=1S/C107H184O16P2/c1-4-7-10-13-16-19-22-25-28-31-34-37-40-42-44-46-48-49-50-51-53-55-56-58-61-63-66-69-72-75-78-81-84-87-90-93-105(110)117-96-102(108)97-119-124(113,114)120-98-103(109)99-121-125(115,116)122-101-104(123-107(112)95-92-89-86-83-80-77-74-71-68-65-60-39-36-33-30-27-24-21-18-15-12-9-6-3)100-118-106(111)94-91-88-85-82-79-76-73-70-67-64-62-59-57-54-52-47-45-43-41-38-35-32-29-26-23-20-17-14-11-8-5-2/h9,12,16-21,25-30,34-39,42-45,65,68,74,77,102-104,108-109H,4-8,10-11,13-15,22-24,31-33,40-41,46-64,66-67,69-73,75-76,78-101H2,1-3H3,(H,113,114)(H,115,116)/b12-9-,19-16-,20-17-,21-18-,28-25-,29-26-,30-27-,37-34-,38-35-,39-36-,44-42-,45-43-,68-65-,77-74-. The van der Waals surface area contributed by atoms with Crippen LogP contribution < -0.4 is 0 Å². The zero-order chi connectivity index (χ0) is 90.7. The Hall–Kier alpha value is -5.09. The number of aliphatic hydroxyl groups is 2. The third-order valence-electron chi connectivity index (χ3n) is 21.4. The molecule has 0 amide bonds. The number of hydrogen-bond donors (Lipinski definition) is 4. The van der Waals surface area contributed by atoms with Crippen LogP contribution in [0.1, 0.15) is 432 Å². The van der Waals surface area contributed by atoms with Crippen LogP contribution in [0, 0.1) is 0 Å². The summed E-state index contributed by atoms with van der Waals surface area (Å²) in [7, 11) is -9.83. The summed E-state index contributed by atoms with van der Waals surface area (Å²) in [6.07, 6.45) is 128. The van der Waals surface area contributed by atoms with Gasteiger partial charge < -0.3 is 34.2 Å². The minimum Gasteiger partial charge on any atom is -0.463 e. The number of allylic oxidation sites excluding steroid dienone is 28. The lowest BCUT2D eigenvalue weighted by molar-refractivity contribution is -0.161. The monoisotopic (exact) mass is 1790 g/mol. The summed E-state index contributed by atoms with van der Waals surface area (Å²) in [6.45, 7) is 2.54. The molecule has 125 heavy (non-hydrogen) atoms. The van der Waals surface area contributed by atoms with Crippen molar-refractivity contribution in [1.29, 1.82) is 0 Å². The van der Waals surface area contributed by atoms with E-state index in [1.807, 2.05) is 0 Å². The Morgan fingerprint density at radius 1 is 0.232 bits per heavy atom. The second-order valence-electron chi connectivity index (χ2n) is 33.5. The van der Waals surface area contributed by atoms with Crippen LogP contribution in [0.15, 0.2) is 170 Å². The van der Waals surface area contributed by atoms with E-state index >= 15 is 0 Å². The summed E-state index contributed by atoms with van der Waals surface area (Å²) in [6, 6.07) is 0. The molecule has 5 atom stereocenters. The van der Waals surface area contributed by atoms with Gasteiger partial charge in [0.1, 0.15) is 25.4 Å². The Labute approximate surface area is 764 Å². The fourth-order valence-electron chi connectivity index (χ4n) is 13.8. The van der Waals surface area contributed by atoms with Gasteiger partial charge in [-0.3, -0.25) is 32.5 Å². The van der Waals surface area contributed by atoms with Crippen LogP contribution in [0.25, 0.3) is 0 Å². The summed E-state index contributed by atoms with van der Waals surface area (Å²) < 4.78 is 61.6. The molecule has 5 unspecified atom stereocenters. The summed E-state index contributed by atoms with van der Waals surface area (Å²) in [5.74, 6) is -1.59. The maximum Gasteiger partial charge on any atom is 0.472 e. The molecule has 0 saturated heterocycles. The predicted molar refractivity (Wildman–Crippen MR) is 528 cm³/mol. The number of phosphoric ester groups is 2. The van der Waals surface area contributed by atoms with E-state index in [0.717, 1.165) is 148 Å². The van der Waals surface area contributed by atoms with Crippen molar-refractivity contribution in [2.75, 3.05) is 39.6 Å². The molecule has 0 heterocycles. The van der Waals surface area contributed by atoms with Gasteiger partial charge in [-0.2, -0.15) is 0 Å². The second kappa shape index (κ2) is 98.0. The quantitative estimate of drug-likeness (QED) is 0.0146. The molecule has 0 aliphatic rings. The number of carbonyl (C=O) groups is 3. The lowest BCUT2D eigenvalue weighted by atomic mass is 10.0. The molecular formula is C107H184O16P2. The molecule has 0 radical (unpaired) electrons. The first-order chi connectivity index (χ1) is 61.2. The number of hydrogen-bond acceptors (Lipinski definition) is 14. The molecule has 0 aromatic carbocycles. The number of esters is 3. The second-order valence-corrected chi connectivity index (χ2v) is 36.5. The van der Waals surface area contributed by atoms with Crippen LogP contribution in [-0.4, -0.2) is 95.9 Å². The molecule has 0 bridgehead atoms. The number of phosphoric acid groups is 2. The van der Waals surface area contributed by atoms with Gasteiger partial charge in [0.25, 0.3) is 0 Å². The summed E-state index contributed by atoms with van der Waals surface area (Å²) >= 11 is 0. The first-order valence-corrected chi connectivity index (χ1v) is 53.4. The van der Waals surface area contributed by atoms with E-state index in [0.29, 0.717) is 19.3 Å². The van der Waals surface area contributed by atoms with Crippen LogP contribution in [0.2, 0.25) is 0 Å². The van der Waals surface area contributed by atoms with E-state index in [1.54, 1.807) is 0 Å². The van der Waals surface area contributed by atoms with Gasteiger partial charge in [-0.05, 0) is 161 Å². The Bertz CT molecular complexity index is 2950. The first-order valence-electron chi connectivity index (χ1n) is 50.4. The van der Waals surface area contributed by atoms with Crippen molar-refractivity contribution >= 4 is 33.6 Å². The van der Waals surface area contributed by atoms with Crippen LogP contribution in [0.4, 0.5) is 0 Å². The highest BCUT2D eigenvalue weighted by Crippen LogP contribution is 2.45. The topological polar surface area (TPSA) is 231 Å². The lowest BCUT2D eigenvalue weighted by Crippen LogP contribution is -2.30. The molecule has 0 spiro atoms. The van der Waals surface area contributed by atoms with Crippen LogP contribution in [-0.2, 0) is 55.8 Å². The van der Waals surface area contributed by atoms with E-state index in [1.165, 1.54) is 225 Å². The Morgan fingerprint density at radius 2 is 0.424 bits per heavy atom. The highest BCUT2D eigenvalue weighted by Gasteiger charge is 2.30. The highest BCUT2D eigenvalue weighted by molar-refractivity contribution is 7.47. The number of ether oxygens (including phenoxy) is 3. The molecule has 0 saturated carbocycles. The molecule has 0 aliphatic heterocycles. The van der Waals surface area contributed by atoms with Crippen molar-refractivity contribution in [3.63, 3.8) is 0 Å². The molecule has 0 aromatic heterocycles. The van der Waals surface area contributed by atoms with Crippen molar-refractivity contribution in [3.8, 4) is 0 Å². The van der Waals surface area contributed by atoms with Crippen molar-refractivity contribution in [1.82, 2.24) is 0 Å². The molecular weight excluding hydrogens is 1600 g/mol. The molecule has 4 N–H and O–H groups in total. The van der Waals surface area contributed by atoms with Gasteiger partial charge in [-0.1, -0.05) is 422 Å². The number of aliphatic hydroxyl groups excluding tert-OH is 2. The van der Waals surface area contributed by atoms with Crippen molar-refractivity contribution in [2.45, 2.75) is 450 Å². The maximum atomic E-state index is 13.1. The minimum absolute atomic E-state index is 0.0710. The van der Waals surface area contributed by atoms with Crippen LogP contribution in [0.3, 0.4) is 0 Å². The van der Waals surface area contributed by atoms with Gasteiger partial charge >= 0.3 is 33.6 Å². The first kappa shape index (κ1) is 120. The maximum absolute atomic E-state index is 13.1. The Kier molecular flexibility index (Phi) is 94.0. The van der Waals surface area contributed by atoms with Gasteiger partial charge in [0.2, 0.25) is 0 Å². The summed E-state index contributed by atoms with van der Waals surface area (Å²) in [5, 5.41) is 20.8. The SMILES string of the molecule is CC/C=C\C/C=C\C/C=C\C/C=C\C/C=C\C/C=C\CCCCCCC(=O)OC(COC(=O)CCCCCCCCCCCCCCCCC/C=C\C/C=C\C/C=C\C/C=C\CCCCC)COP(=O)(O)OCC(O)COP(=O)(O)OCC(O)COC(=O)CCCCCCCCCCCCCCCCCCCCC/C=C\C/C=C\C/C=C\C/C=C\CCCCC. The fraction of sp³-hybridized carbons (Fsp3) is 0.710. The van der Waals surface area contributed by atoms with Crippen molar-refractivity contribution in [3.05, 3.63) is 170 Å². The zero-order valence-corrected chi connectivity index (χ0v) is 81.3. The molecule has 0 rings (SSSR count). The average Bonchev–Trinajstić information content (AvgIpc) is 0.898. The van der Waals surface area contributed by atoms with E-state index in [-0.39, 0.29) is 19.3 Å². The Balaban J connectivity index is 4.56. The van der Waals surface area contributed by atoms with E-state index < -0.39 is 91.5 Å². The van der Waals surface area contributed by atoms with E-state index in [4.69, 9.17) is 32.3 Å². The lowest BCUT2D eigenvalue weighted by Gasteiger charge is -2.21. The van der Waals surface area contributed by atoms with E-state index in [2.05, 4.69) is 191 Å². The summed E-state index contributed by atoms with van der Waals surface area (Å²) in [5.41, 5.74) is 0. The molecule has 18 heteroatoms. The third-order valence-corrected chi connectivity index (χ3v) is 23.3. The van der Waals surface area contributed by atoms with Crippen molar-refractivity contribution < 1.29 is 75.8 Å². The molecule has 718 valence electrons. The summed E-state index contributed by atoms with van der Waals surface area (Å²) in [4.78, 5) is 59.1. The number of carbonyl (C=O) groups excluding carboxylic acids is 3. The van der Waals surface area contributed by atoms with Gasteiger partial charge in [0.15, 0.2) is 6.10 Å². The third kappa shape index (κ3) is 99.3.